The number of piperazine rings is 1. The van der Waals surface area contributed by atoms with E-state index in [9.17, 15) is 0 Å². The molecule has 0 atom stereocenters. The van der Waals surface area contributed by atoms with E-state index in [0.717, 1.165) is 55.6 Å². The van der Waals surface area contributed by atoms with Gasteiger partial charge < -0.3 is 0 Å². The molecule has 6 nitrogen and oxygen atoms in total. The van der Waals surface area contributed by atoms with Crippen LogP contribution in [0, 0.1) is 25.5 Å². The first-order valence-corrected chi connectivity index (χ1v) is 9.84. The van der Waals surface area contributed by atoms with Crippen LogP contribution in [0.3, 0.4) is 0 Å². The Bertz CT molecular complexity index is 1010. The number of aromatic nitrogens is 4. The first-order valence-electron chi connectivity index (χ1n) is 9.44. The molecular formula is C20H26N6S. The average molecular weight is 383 g/mol. The van der Waals surface area contributed by atoms with Gasteiger partial charge in [0.2, 0.25) is 4.77 Å². The summed E-state index contributed by atoms with van der Waals surface area (Å²) in [5.74, 6) is 0.690. The van der Waals surface area contributed by atoms with E-state index in [4.69, 9.17) is 12.2 Å². The van der Waals surface area contributed by atoms with Crippen molar-refractivity contribution < 1.29 is 0 Å². The van der Waals surface area contributed by atoms with Crippen molar-refractivity contribution in [3.8, 4) is 0 Å². The predicted molar refractivity (Wildman–Crippen MR) is 109 cm³/mol. The molecule has 27 heavy (non-hydrogen) atoms. The van der Waals surface area contributed by atoms with E-state index < -0.39 is 0 Å². The van der Waals surface area contributed by atoms with Gasteiger partial charge in [-0.15, -0.1) is 5.10 Å². The molecule has 0 bridgehead atoms. The lowest BCUT2D eigenvalue weighted by Crippen LogP contribution is -2.46. The summed E-state index contributed by atoms with van der Waals surface area (Å²) in [4.78, 5) is 9.45. The van der Waals surface area contributed by atoms with Crippen molar-refractivity contribution >= 4 is 18.0 Å². The summed E-state index contributed by atoms with van der Waals surface area (Å²) in [7, 11) is 0. The molecule has 1 saturated heterocycles. The molecule has 1 aliphatic rings. The maximum absolute atomic E-state index is 5.63. The second-order valence-electron chi connectivity index (χ2n) is 7.48. The van der Waals surface area contributed by atoms with Crippen molar-refractivity contribution in [3.05, 3.63) is 57.6 Å². The molecule has 0 N–H and O–H groups in total. The predicted octanol–water partition coefficient (Wildman–Crippen LogP) is 2.96. The van der Waals surface area contributed by atoms with Gasteiger partial charge in [0, 0.05) is 44.1 Å². The van der Waals surface area contributed by atoms with E-state index in [2.05, 4.69) is 51.1 Å². The Morgan fingerprint density at radius 3 is 2.48 bits per heavy atom. The lowest BCUT2D eigenvalue weighted by Gasteiger charge is -2.34. The Balaban J connectivity index is 1.41. The van der Waals surface area contributed by atoms with Crippen LogP contribution >= 0.6 is 12.2 Å². The Hall–Kier alpha value is -2.09. The van der Waals surface area contributed by atoms with Crippen LogP contribution in [0.2, 0.25) is 0 Å². The molecule has 4 rings (SSSR count). The largest absolute Gasteiger partial charge is 0.297 e. The molecule has 7 heteroatoms. The van der Waals surface area contributed by atoms with Crippen molar-refractivity contribution in [1.82, 2.24) is 29.0 Å². The van der Waals surface area contributed by atoms with Crippen molar-refractivity contribution in [1.29, 1.82) is 0 Å². The number of benzene rings is 1. The van der Waals surface area contributed by atoms with Crippen LogP contribution in [0.15, 0.2) is 30.3 Å². The van der Waals surface area contributed by atoms with E-state index in [1.807, 2.05) is 29.0 Å². The molecule has 0 amide bonds. The number of nitrogens with zero attached hydrogens (tertiary/aromatic N) is 6. The van der Waals surface area contributed by atoms with E-state index in [1.165, 1.54) is 11.1 Å². The maximum Gasteiger partial charge on any atom is 0.254 e. The molecule has 1 fully saturated rings. The minimum absolute atomic E-state index is 0.690. The fourth-order valence-corrected chi connectivity index (χ4v) is 4.10. The van der Waals surface area contributed by atoms with Gasteiger partial charge in [0.25, 0.3) is 5.78 Å². The molecule has 0 unspecified atom stereocenters. The lowest BCUT2D eigenvalue weighted by atomic mass is 10.1. The van der Waals surface area contributed by atoms with E-state index in [0.29, 0.717) is 5.78 Å². The zero-order valence-corrected chi connectivity index (χ0v) is 17.0. The number of aryl methyl sites for hydroxylation is 3. The molecule has 0 radical (unpaired) electrons. The highest BCUT2D eigenvalue weighted by Crippen LogP contribution is 2.12. The topological polar surface area (TPSA) is 41.6 Å². The number of hydrogen-bond donors (Lipinski definition) is 0. The highest BCUT2D eigenvalue weighted by Gasteiger charge is 2.18. The van der Waals surface area contributed by atoms with Gasteiger partial charge in [0.15, 0.2) is 0 Å². The van der Waals surface area contributed by atoms with Crippen LogP contribution in [0.25, 0.3) is 5.78 Å². The number of hydrogen-bond acceptors (Lipinski definition) is 5. The molecule has 0 aliphatic carbocycles. The van der Waals surface area contributed by atoms with Gasteiger partial charge in [-0.2, -0.15) is 0 Å². The van der Waals surface area contributed by atoms with Gasteiger partial charge in [-0.25, -0.2) is 9.67 Å². The average Bonchev–Trinajstić information content (AvgIpc) is 2.92. The van der Waals surface area contributed by atoms with E-state index >= 15 is 0 Å². The van der Waals surface area contributed by atoms with Crippen molar-refractivity contribution in [2.75, 3.05) is 26.2 Å². The number of rotatable bonds is 4. The fraction of sp³-hybridized carbons (Fsp3) is 0.450. The third kappa shape index (κ3) is 3.95. The summed E-state index contributed by atoms with van der Waals surface area (Å²) >= 11 is 5.63. The lowest BCUT2D eigenvalue weighted by molar-refractivity contribution is 0.0982. The third-order valence-electron chi connectivity index (χ3n) is 5.16. The van der Waals surface area contributed by atoms with Crippen LogP contribution in [0.4, 0.5) is 0 Å². The molecule has 1 aliphatic heterocycles. The zero-order valence-electron chi connectivity index (χ0n) is 16.2. The summed E-state index contributed by atoms with van der Waals surface area (Å²) in [6, 6.07) is 10.8. The quantitative estimate of drug-likeness (QED) is 0.649. The molecule has 0 spiro atoms. The van der Waals surface area contributed by atoms with Crippen LogP contribution < -0.4 is 0 Å². The SMILES string of the molecule is Cc1cccc(CN2CCN(Cn3nc4nc(C)cc(C)n4c3=S)CC2)c1. The summed E-state index contributed by atoms with van der Waals surface area (Å²) < 4.78 is 4.58. The maximum atomic E-state index is 5.63. The summed E-state index contributed by atoms with van der Waals surface area (Å²) in [5.41, 5.74) is 4.77. The van der Waals surface area contributed by atoms with Gasteiger partial charge in [-0.05, 0) is 44.6 Å². The standard InChI is InChI=1S/C20H26N6S/c1-15-5-4-6-18(11-15)13-23-7-9-24(10-8-23)14-25-20(27)26-17(3)12-16(2)21-19(26)22-25/h4-6,11-12H,7-10,13-14H2,1-3H3. The summed E-state index contributed by atoms with van der Waals surface area (Å²) in [6.45, 7) is 12.1. The van der Waals surface area contributed by atoms with Gasteiger partial charge in [-0.1, -0.05) is 29.8 Å². The smallest absolute Gasteiger partial charge is 0.254 e. The second-order valence-corrected chi connectivity index (χ2v) is 7.85. The van der Waals surface area contributed by atoms with Crippen molar-refractivity contribution in [3.63, 3.8) is 0 Å². The molecule has 3 heterocycles. The molecular weight excluding hydrogens is 356 g/mol. The summed E-state index contributed by atoms with van der Waals surface area (Å²) in [6.07, 6.45) is 0. The van der Waals surface area contributed by atoms with Crippen LogP contribution in [-0.4, -0.2) is 55.1 Å². The Morgan fingerprint density at radius 1 is 1.00 bits per heavy atom. The highest BCUT2D eigenvalue weighted by atomic mass is 32.1. The molecule has 142 valence electrons. The van der Waals surface area contributed by atoms with Gasteiger partial charge in [0.1, 0.15) is 0 Å². The highest BCUT2D eigenvalue weighted by molar-refractivity contribution is 7.71. The van der Waals surface area contributed by atoms with E-state index in [1.54, 1.807) is 0 Å². The van der Waals surface area contributed by atoms with E-state index in [-0.39, 0.29) is 0 Å². The monoisotopic (exact) mass is 382 g/mol. The zero-order chi connectivity index (χ0) is 19.0. The Labute approximate surface area is 165 Å². The molecule has 1 aromatic carbocycles. The summed E-state index contributed by atoms with van der Waals surface area (Å²) in [5, 5.41) is 4.63. The minimum atomic E-state index is 0.690. The Kier molecular flexibility index (Phi) is 5.08. The first kappa shape index (κ1) is 18.3. The normalized spacial score (nSPS) is 16.3. The minimum Gasteiger partial charge on any atom is -0.297 e. The molecule has 2 aromatic heterocycles. The Morgan fingerprint density at radius 2 is 1.74 bits per heavy atom. The van der Waals surface area contributed by atoms with Gasteiger partial charge >= 0.3 is 0 Å². The molecule has 3 aromatic rings. The van der Waals surface area contributed by atoms with Crippen molar-refractivity contribution in [2.45, 2.75) is 34.0 Å². The van der Waals surface area contributed by atoms with Crippen molar-refractivity contribution in [2.24, 2.45) is 0 Å². The van der Waals surface area contributed by atoms with Crippen LogP contribution in [0.1, 0.15) is 22.5 Å². The fourth-order valence-electron chi connectivity index (χ4n) is 3.77. The molecule has 0 saturated carbocycles. The van der Waals surface area contributed by atoms with Gasteiger partial charge in [0.05, 0.1) is 6.67 Å². The van der Waals surface area contributed by atoms with Crippen LogP contribution in [0.5, 0.6) is 0 Å². The van der Waals surface area contributed by atoms with Crippen LogP contribution in [-0.2, 0) is 13.2 Å². The van der Waals surface area contributed by atoms with Gasteiger partial charge in [-0.3, -0.25) is 14.2 Å². The first-order chi connectivity index (χ1) is 13.0. The second kappa shape index (κ2) is 7.50. The third-order valence-corrected chi connectivity index (χ3v) is 5.55. The number of fused-ring (bicyclic) bond motifs is 1.